The van der Waals surface area contributed by atoms with Crippen LogP contribution in [0.15, 0.2) is 0 Å². The second-order valence-corrected chi connectivity index (χ2v) is 7.47. The molecule has 33 heavy (non-hydrogen) atoms. The fourth-order valence-corrected chi connectivity index (χ4v) is 4.12. The maximum Gasteiger partial charge on any atom is 0.490 e. The van der Waals surface area contributed by atoms with Crippen LogP contribution in [-0.4, -0.2) is 103 Å². The van der Waals surface area contributed by atoms with Gasteiger partial charge in [0.1, 0.15) is 12.1 Å². The lowest BCUT2D eigenvalue weighted by atomic mass is 9.78. The summed E-state index contributed by atoms with van der Waals surface area (Å²) in [7, 11) is 4.11. The van der Waals surface area contributed by atoms with Crippen LogP contribution in [0.1, 0.15) is 20.3 Å². The Kier molecular flexibility index (Phi) is 9.36. The Hall–Kier alpha value is -2.74. The third-order valence-electron chi connectivity index (χ3n) is 5.75. The minimum Gasteiger partial charge on any atom is -0.475 e. The topological polar surface area (TPSA) is 143 Å². The number of aliphatic carboxylic acids is 1. The van der Waals surface area contributed by atoms with Crippen molar-refractivity contribution in [1.29, 1.82) is 0 Å². The van der Waals surface area contributed by atoms with E-state index in [1.807, 2.05) is 6.92 Å². The number of imide groups is 1. The molecule has 0 saturated carbocycles. The highest BCUT2D eigenvalue weighted by atomic mass is 19.4. The van der Waals surface area contributed by atoms with Gasteiger partial charge in [0.2, 0.25) is 17.7 Å². The van der Waals surface area contributed by atoms with E-state index in [0.29, 0.717) is 13.0 Å². The fraction of sp³-hybridized carbons (Fsp3) is 0.737. The van der Waals surface area contributed by atoms with Gasteiger partial charge in [-0.05, 0) is 13.3 Å². The molecule has 0 bridgehead atoms. The number of carboxylic acids is 1. The first-order chi connectivity index (χ1) is 15.2. The number of nitrogens with one attached hydrogen (secondary N) is 1. The van der Waals surface area contributed by atoms with E-state index < -0.39 is 47.4 Å². The van der Waals surface area contributed by atoms with Crippen molar-refractivity contribution >= 4 is 29.7 Å². The number of esters is 1. The van der Waals surface area contributed by atoms with E-state index in [-0.39, 0.29) is 25.0 Å². The minimum absolute atomic E-state index is 0.0721. The number of methoxy groups -OCH3 is 2. The molecule has 2 saturated heterocycles. The second kappa shape index (κ2) is 10.9. The van der Waals surface area contributed by atoms with Gasteiger partial charge in [0.05, 0.1) is 18.9 Å². The van der Waals surface area contributed by atoms with Gasteiger partial charge in [-0.1, -0.05) is 6.92 Å². The molecule has 0 aromatic carbocycles. The highest BCUT2D eigenvalue weighted by molar-refractivity contribution is 6.09. The first-order valence-electron chi connectivity index (χ1n) is 9.97. The zero-order chi connectivity index (χ0) is 25.7. The predicted octanol–water partition coefficient (Wildman–Crippen LogP) is -0.361. The highest BCUT2D eigenvalue weighted by Gasteiger charge is 2.67. The van der Waals surface area contributed by atoms with Crippen molar-refractivity contribution in [3.63, 3.8) is 0 Å². The molecule has 2 aliphatic rings. The van der Waals surface area contributed by atoms with Gasteiger partial charge in [-0.25, -0.2) is 4.79 Å². The number of halogens is 3. The van der Waals surface area contributed by atoms with Crippen molar-refractivity contribution in [2.24, 2.45) is 11.8 Å². The second-order valence-electron chi connectivity index (χ2n) is 7.47. The number of carboxylic acid groups (broad SMARTS) is 1. The molecule has 4 atom stereocenters. The summed E-state index contributed by atoms with van der Waals surface area (Å²) < 4.78 is 41.6. The Morgan fingerprint density at radius 1 is 1.18 bits per heavy atom. The summed E-state index contributed by atoms with van der Waals surface area (Å²) in [5, 5.41) is 10.3. The molecule has 0 aromatic heterocycles. The average Bonchev–Trinajstić information content (AvgIpc) is 3.20. The molecule has 14 heteroatoms. The number of nitrogens with zero attached hydrogens (tertiary/aromatic N) is 2. The van der Waals surface area contributed by atoms with Gasteiger partial charge in [-0.2, -0.15) is 13.2 Å². The van der Waals surface area contributed by atoms with Crippen molar-refractivity contribution in [3.8, 4) is 0 Å². The molecule has 0 unspecified atom stereocenters. The van der Waals surface area contributed by atoms with Crippen LogP contribution in [0.5, 0.6) is 0 Å². The van der Waals surface area contributed by atoms with Crippen molar-refractivity contribution in [2.45, 2.75) is 38.0 Å². The molecule has 2 rings (SSSR count). The number of hydrogen-bond donors (Lipinski definition) is 2. The number of carbonyl (C=O) groups excluding carboxylic acids is 4. The zero-order valence-electron chi connectivity index (χ0n) is 18.9. The number of likely N-dealkylation sites (N-methyl/N-ethyl adjacent to an activating group) is 1. The van der Waals surface area contributed by atoms with Crippen LogP contribution < -0.4 is 5.32 Å². The third kappa shape index (κ3) is 5.61. The summed E-state index contributed by atoms with van der Waals surface area (Å²) in [6.07, 6.45) is -4.79. The van der Waals surface area contributed by atoms with Gasteiger partial charge >= 0.3 is 18.1 Å². The van der Waals surface area contributed by atoms with Gasteiger partial charge in [-0.15, -0.1) is 0 Å². The average molecular weight is 483 g/mol. The largest absolute Gasteiger partial charge is 0.490 e. The number of alkyl halides is 3. The van der Waals surface area contributed by atoms with E-state index in [4.69, 9.17) is 19.4 Å². The number of rotatable bonds is 7. The Bertz CT molecular complexity index is 791. The predicted molar refractivity (Wildman–Crippen MR) is 105 cm³/mol. The molecule has 2 heterocycles. The molecule has 0 radical (unpaired) electrons. The van der Waals surface area contributed by atoms with Gasteiger partial charge in [0.15, 0.2) is 0 Å². The van der Waals surface area contributed by atoms with Crippen LogP contribution in [0.4, 0.5) is 13.2 Å². The Morgan fingerprint density at radius 3 is 2.12 bits per heavy atom. The van der Waals surface area contributed by atoms with Crippen molar-refractivity contribution in [1.82, 2.24) is 15.1 Å². The molecule has 2 N–H and O–H groups in total. The van der Waals surface area contributed by atoms with Crippen molar-refractivity contribution < 1.29 is 51.7 Å². The third-order valence-corrected chi connectivity index (χ3v) is 5.75. The van der Waals surface area contributed by atoms with Gasteiger partial charge < -0.3 is 19.5 Å². The Balaban J connectivity index is 0.000000675. The zero-order valence-corrected chi connectivity index (χ0v) is 18.9. The van der Waals surface area contributed by atoms with Gasteiger partial charge in [0.25, 0.3) is 0 Å². The minimum atomic E-state index is -5.08. The lowest BCUT2D eigenvalue weighted by Crippen LogP contribution is -2.58. The summed E-state index contributed by atoms with van der Waals surface area (Å²) in [6, 6.07) is -0.527. The smallest absolute Gasteiger partial charge is 0.475 e. The van der Waals surface area contributed by atoms with Crippen molar-refractivity contribution in [2.75, 3.05) is 41.0 Å². The van der Waals surface area contributed by atoms with Crippen molar-refractivity contribution in [3.05, 3.63) is 0 Å². The number of fused-ring (bicyclic) bond motifs is 1. The SMILES string of the molecule is CCN(C[C@H]1N[C@@](CC)(C(=O)OC)[C@H]2C(=O)N(C)C(=O)[C@@H]12)C(=O)COC.O=C(O)C(F)(F)F. The lowest BCUT2D eigenvalue weighted by Gasteiger charge is -2.32. The van der Waals surface area contributed by atoms with Crippen LogP contribution in [-0.2, 0) is 33.4 Å². The fourth-order valence-electron chi connectivity index (χ4n) is 4.12. The van der Waals surface area contributed by atoms with E-state index >= 15 is 0 Å². The molecule has 11 nitrogen and oxygen atoms in total. The van der Waals surface area contributed by atoms with Gasteiger partial charge in [0, 0.05) is 33.3 Å². The first-order valence-corrected chi connectivity index (χ1v) is 9.97. The van der Waals surface area contributed by atoms with E-state index in [2.05, 4.69) is 5.32 Å². The summed E-state index contributed by atoms with van der Waals surface area (Å²) in [4.78, 5) is 61.6. The molecular formula is C19H28F3N3O8. The monoisotopic (exact) mass is 483 g/mol. The molecular weight excluding hydrogens is 455 g/mol. The Labute approximate surface area is 188 Å². The van der Waals surface area contributed by atoms with E-state index in [1.165, 1.54) is 21.3 Å². The molecule has 0 aliphatic carbocycles. The molecule has 0 spiro atoms. The Morgan fingerprint density at radius 2 is 1.73 bits per heavy atom. The van der Waals surface area contributed by atoms with Gasteiger partial charge in [-0.3, -0.25) is 29.4 Å². The molecule has 0 aromatic rings. The summed E-state index contributed by atoms with van der Waals surface area (Å²) in [5.41, 5.74) is -1.27. The first kappa shape index (κ1) is 28.3. The van der Waals surface area contributed by atoms with E-state index in [0.717, 1.165) is 4.90 Å². The molecule has 3 amide bonds. The molecule has 188 valence electrons. The quantitative estimate of drug-likeness (QED) is 0.367. The van der Waals surface area contributed by atoms with Crippen LogP contribution in [0.25, 0.3) is 0 Å². The van der Waals surface area contributed by atoms with E-state index in [1.54, 1.807) is 11.8 Å². The lowest BCUT2D eigenvalue weighted by molar-refractivity contribution is -0.192. The van der Waals surface area contributed by atoms with Crippen LogP contribution in [0.3, 0.4) is 0 Å². The summed E-state index contributed by atoms with van der Waals surface area (Å²) in [5.74, 6) is -5.83. The standard InChI is InChI=1S/C17H27N3O6.C2HF3O2/c1-6-17(16(24)26-5)13-12(14(22)19(3)15(13)23)10(18-17)8-20(7-2)11(21)9-25-4;3-2(4,5)1(6)7/h10,12-13,18H,6-9H2,1-5H3;(H,6,7)/t10-,12+,13-,17-;/m1./s1. The number of likely N-dealkylation sites (tertiary alicyclic amines) is 1. The number of amides is 3. The number of ether oxygens (including phenoxy) is 2. The van der Waals surface area contributed by atoms with Crippen LogP contribution in [0, 0.1) is 11.8 Å². The van der Waals surface area contributed by atoms with Crippen LogP contribution in [0.2, 0.25) is 0 Å². The summed E-state index contributed by atoms with van der Waals surface area (Å²) in [6.45, 7) is 4.14. The maximum absolute atomic E-state index is 12.7. The number of hydrogen-bond acceptors (Lipinski definition) is 8. The molecule has 2 aliphatic heterocycles. The maximum atomic E-state index is 12.7. The normalized spacial score (nSPS) is 26.4. The number of carbonyl (C=O) groups is 5. The molecule has 2 fully saturated rings. The van der Waals surface area contributed by atoms with E-state index in [9.17, 15) is 32.3 Å². The highest BCUT2D eigenvalue weighted by Crippen LogP contribution is 2.44. The summed E-state index contributed by atoms with van der Waals surface area (Å²) >= 11 is 0. The van der Waals surface area contributed by atoms with Crippen LogP contribution >= 0.6 is 0 Å².